The van der Waals surface area contributed by atoms with E-state index in [2.05, 4.69) is 26.6 Å². The predicted octanol–water partition coefficient (Wildman–Crippen LogP) is 3.40. The minimum Gasteiger partial charge on any atom is -0.460 e. The van der Waals surface area contributed by atoms with Gasteiger partial charge in [0.15, 0.2) is 0 Å². The van der Waals surface area contributed by atoms with Gasteiger partial charge in [-0.1, -0.05) is 88.3 Å². The standard InChI is InChI=1S/C67H119N11O15/c1-28-29-30-40(12)55(80)54-60(85)72-51(44(16)92-46(18)79)65(90)73(22)43(15)62(87)77(26)53(45(17)93-67(19,20)21)59(84)71-47(31-35(2)3)63(88)75(24)49(33-37(6)7)57(82)68-41(13)56(81)69-42(14)61(86)74(23)50(34-38(8)9)58(83)70-48(32-36(4)5)64(89)76(25)52(39(10)11)66(91)78(54)27/h28-29,35-45,47-55,80H,30-34H2,1-27H3,(H,68,82)(H,69,81)(H,70,83)(H,71,84)(H,72,85)/t40-,41+,42-,43-,44-,45?,47+,48+,49+,50+,51+,52+,53+,54+,55-/m1/s1. The lowest BCUT2D eigenvalue weighted by Gasteiger charge is -2.41. The smallest absolute Gasteiger partial charge is 0.302 e. The van der Waals surface area contributed by atoms with Crippen LogP contribution in [0.3, 0.4) is 0 Å². The number of carbonyl (C=O) groups excluding carboxylic acids is 12. The molecule has 26 heteroatoms. The number of aliphatic hydroxyl groups is 1. The van der Waals surface area contributed by atoms with Crippen LogP contribution in [0.2, 0.25) is 0 Å². The highest BCUT2D eigenvalue weighted by atomic mass is 16.5. The molecule has 0 bridgehead atoms. The summed E-state index contributed by atoms with van der Waals surface area (Å²) >= 11 is 0. The normalized spacial score (nSPS) is 27.1. The molecule has 93 heavy (non-hydrogen) atoms. The lowest BCUT2D eigenvalue weighted by atomic mass is 9.91. The molecular weight excluding hydrogens is 1200 g/mol. The van der Waals surface area contributed by atoms with E-state index >= 15 is 24.0 Å². The molecule has 0 spiro atoms. The van der Waals surface area contributed by atoms with E-state index in [4.69, 9.17) is 9.47 Å². The summed E-state index contributed by atoms with van der Waals surface area (Å²) < 4.78 is 11.9. The third kappa shape index (κ3) is 24.9. The highest BCUT2D eigenvalue weighted by Crippen LogP contribution is 2.25. The Hall–Kier alpha value is -6.70. The van der Waals surface area contributed by atoms with E-state index in [1.54, 1.807) is 67.5 Å². The molecule has 1 fully saturated rings. The Balaban J connectivity index is 4.58. The maximum atomic E-state index is 15.3. The fraction of sp³-hybridized carbons (Fsp3) is 0.791. The van der Waals surface area contributed by atoms with Crippen molar-refractivity contribution in [1.29, 1.82) is 0 Å². The van der Waals surface area contributed by atoms with Crippen LogP contribution in [0.25, 0.3) is 0 Å². The fourth-order valence-electron chi connectivity index (χ4n) is 11.6. The largest absolute Gasteiger partial charge is 0.460 e. The summed E-state index contributed by atoms with van der Waals surface area (Å²) in [6, 6.07) is -15.4. The first kappa shape index (κ1) is 84.3. The second-order valence-electron chi connectivity index (χ2n) is 28.6. The van der Waals surface area contributed by atoms with E-state index < -0.39 is 173 Å². The summed E-state index contributed by atoms with van der Waals surface area (Å²) in [7, 11) is 8.04. The first-order valence-electron chi connectivity index (χ1n) is 32.9. The number of rotatable bonds is 17. The fourth-order valence-corrected chi connectivity index (χ4v) is 11.6. The topological polar surface area (TPSA) is 323 Å². The Morgan fingerprint density at radius 2 is 0.892 bits per heavy atom. The minimum atomic E-state index is -1.80. The molecule has 1 aliphatic rings. The Bertz CT molecular complexity index is 2610. The lowest BCUT2D eigenvalue weighted by Crippen LogP contribution is -2.65. The van der Waals surface area contributed by atoms with Gasteiger partial charge in [0.25, 0.3) is 0 Å². The van der Waals surface area contributed by atoms with Gasteiger partial charge in [0.2, 0.25) is 65.0 Å². The number of carbonyl (C=O) groups is 12. The maximum absolute atomic E-state index is 15.3. The third-order valence-corrected chi connectivity index (χ3v) is 16.8. The Morgan fingerprint density at radius 1 is 0.484 bits per heavy atom. The van der Waals surface area contributed by atoms with Crippen LogP contribution in [-0.2, 0) is 67.0 Å². The number of ether oxygens (including phenoxy) is 2. The number of allylic oxidation sites excluding steroid dienone is 2. The van der Waals surface area contributed by atoms with Crippen molar-refractivity contribution in [2.24, 2.45) is 35.5 Å². The molecule has 0 aromatic carbocycles. The van der Waals surface area contributed by atoms with Gasteiger partial charge in [-0.3, -0.25) is 57.5 Å². The van der Waals surface area contributed by atoms with E-state index in [1.807, 2.05) is 55.4 Å². The molecule has 0 radical (unpaired) electrons. The van der Waals surface area contributed by atoms with E-state index in [0.717, 1.165) is 21.6 Å². The van der Waals surface area contributed by atoms with Crippen molar-refractivity contribution in [2.75, 3.05) is 42.3 Å². The number of nitrogens with zero attached hydrogens (tertiary/aromatic N) is 6. The zero-order valence-corrected chi connectivity index (χ0v) is 61.1. The van der Waals surface area contributed by atoms with Crippen LogP contribution in [0.5, 0.6) is 0 Å². The Kier molecular flexibility index (Phi) is 33.9. The van der Waals surface area contributed by atoms with Crippen LogP contribution in [0.1, 0.15) is 178 Å². The van der Waals surface area contributed by atoms with Crippen molar-refractivity contribution in [3.63, 3.8) is 0 Å². The first-order chi connectivity index (χ1) is 42.7. The maximum Gasteiger partial charge on any atom is 0.302 e. The van der Waals surface area contributed by atoms with E-state index in [0.29, 0.717) is 0 Å². The van der Waals surface area contributed by atoms with Crippen LogP contribution >= 0.6 is 0 Å². The van der Waals surface area contributed by atoms with Gasteiger partial charge in [0.05, 0.1) is 17.8 Å². The molecule has 1 unspecified atom stereocenters. The molecule has 1 saturated heterocycles. The van der Waals surface area contributed by atoms with E-state index in [9.17, 15) is 38.7 Å². The number of likely N-dealkylation sites (N-methyl/N-ethyl adjacent to an activating group) is 6. The minimum absolute atomic E-state index is 0.0620. The highest BCUT2D eigenvalue weighted by molar-refractivity contribution is 6.00. The molecule has 0 aromatic heterocycles. The monoisotopic (exact) mass is 1320 g/mol. The van der Waals surface area contributed by atoms with Gasteiger partial charge in [-0.2, -0.15) is 0 Å². The molecule has 1 rings (SSSR count). The van der Waals surface area contributed by atoms with Gasteiger partial charge in [0.1, 0.15) is 72.6 Å². The summed E-state index contributed by atoms with van der Waals surface area (Å²) in [5, 5.41) is 26.0. The summed E-state index contributed by atoms with van der Waals surface area (Å²) in [6.45, 7) is 34.9. The molecule has 15 atom stereocenters. The van der Waals surface area contributed by atoms with Gasteiger partial charge < -0.3 is 70.6 Å². The van der Waals surface area contributed by atoms with Crippen molar-refractivity contribution in [3.8, 4) is 0 Å². The molecule has 1 aliphatic heterocycles. The van der Waals surface area contributed by atoms with E-state index in [-0.39, 0.29) is 55.8 Å². The Morgan fingerprint density at radius 3 is 1.33 bits per heavy atom. The molecule has 11 amide bonds. The molecule has 0 saturated carbocycles. The van der Waals surface area contributed by atoms with Gasteiger partial charge in [0, 0.05) is 49.2 Å². The summed E-state index contributed by atoms with van der Waals surface area (Å²) in [5.41, 5.74) is -0.891. The van der Waals surface area contributed by atoms with Gasteiger partial charge in [-0.15, -0.1) is 0 Å². The SMILES string of the molecule is CC=CC[C@@H](C)[C@@H](O)[C@H]1C(=O)N[C@@H]([C@@H](C)OC(C)=O)C(=O)N(C)[C@H](C)C(=O)N(C)[C@@H](C(C)OC(C)(C)C)C(=O)N[C@@H](CC(C)C)C(=O)N(C)[C@@H](CC(C)C)C(=O)N[C@@H](C)C(=O)N[C@H](C)C(=O)N(C)[C@@H](CC(C)C)C(=O)N[C@@H](CC(C)C)C(=O)N(C)[C@@H](C(C)C)C(=O)N1C. The number of hydrogen-bond acceptors (Lipinski definition) is 15. The lowest BCUT2D eigenvalue weighted by molar-refractivity contribution is -0.159. The number of esters is 1. The van der Waals surface area contributed by atoms with Crippen molar-refractivity contribution < 1.29 is 72.1 Å². The summed E-state index contributed by atoms with van der Waals surface area (Å²) in [4.78, 5) is 182. The number of amides is 11. The average Bonchev–Trinajstić information content (AvgIpc) is 1.07. The van der Waals surface area contributed by atoms with Crippen molar-refractivity contribution in [3.05, 3.63) is 12.2 Å². The van der Waals surface area contributed by atoms with E-state index in [1.165, 1.54) is 84.7 Å². The molecule has 532 valence electrons. The Labute approximate surface area is 554 Å². The molecular formula is C67H119N11O15. The van der Waals surface area contributed by atoms with Crippen molar-refractivity contribution in [1.82, 2.24) is 56.0 Å². The summed E-state index contributed by atoms with van der Waals surface area (Å²) in [6.07, 6.45) is -0.0966. The summed E-state index contributed by atoms with van der Waals surface area (Å²) in [5.74, 6) is -11.8. The first-order valence-corrected chi connectivity index (χ1v) is 32.9. The van der Waals surface area contributed by atoms with Crippen LogP contribution < -0.4 is 26.6 Å². The zero-order valence-electron chi connectivity index (χ0n) is 61.1. The molecule has 0 aromatic rings. The average molecular weight is 1320 g/mol. The second-order valence-corrected chi connectivity index (χ2v) is 28.6. The number of aliphatic hydroxyl groups excluding tert-OH is 1. The molecule has 26 nitrogen and oxygen atoms in total. The van der Waals surface area contributed by atoms with Crippen molar-refractivity contribution in [2.45, 2.75) is 268 Å². The highest BCUT2D eigenvalue weighted by Gasteiger charge is 2.47. The molecule has 6 N–H and O–H groups in total. The molecule has 0 aliphatic carbocycles. The number of nitrogens with one attached hydrogen (secondary N) is 5. The third-order valence-electron chi connectivity index (χ3n) is 16.8. The van der Waals surface area contributed by atoms with Crippen LogP contribution in [0.4, 0.5) is 0 Å². The van der Waals surface area contributed by atoms with Crippen LogP contribution in [0.15, 0.2) is 12.2 Å². The zero-order chi connectivity index (χ0) is 72.3. The van der Waals surface area contributed by atoms with Gasteiger partial charge in [-0.05, 0) is 130 Å². The number of hydrogen-bond donors (Lipinski definition) is 6. The van der Waals surface area contributed by atoms with Gasteiger partial charge >= 0.3 is 5.97 Å². The van der Waals surface area contributed by atoms with Crippen LogP contribution in [0, 0.1) is 35.5 Å². The van der Waals surface area contributed by atoms with Crippen molar-refractivity contribution >= 4 is 70.9 Å². The molecule has 1 heterocycles. The second kappa shape index (κ2) is 37.4. The predicted molar refractivity (Wildman–Crippen MR) is 355 cm³/mol. The van der Waals surface area contributed by atoms with Crippen LogP contribution in [-0.4, -0.2) is 238 Å². The quantitative estimate of drug-likeness (QED) is 0.0898. The van der Waals surface area contributed by atoms with Gasteiger partial charge in [-0.25, -0.2) is 0 Å².